The molecule has 1 aromatic heterocycles. The predicted molar refractivity (Wildman–Crippen MR) is 64.6 cm³/mol. The Morgan fingerprint density at radius 3 is 2.19 bits per heavy atom. The smallest absolute Gasteiger partial charge is 0.257 e. The van der Waals surface area contributed by atoms with Crippen molar-refractivity contribution in [2.45, 2.75) is 41.2 Å². The van der Waals surface area contributed by atoms with Crippen molar-refractivity contribution >= 4 is 5.91 Å². The molecule has 0 aromatic carbocycles. The lowest BCUT2D eigenvalue weighted by Crippen LogP contribution is -2.31. The molecule has 0 fully saturated rings. The third-order valence-corrected chi connectivity index (χ3v) is 2.95. The lowest BCUT2D eigenvalue weighted by Gasteiger charge is -2.18. The highest BCUT2D eigenvalue weighted by atomic mass is 16.2. The second kappa shape index (κ2) is 5.14. The van der Waals surface area contributed by atoms with Gasteiger partial charge in [0, 0.05) is 25.3 Å². The summed E-state index contributed by atoms with van der Waals surface area (Å²) in [6.07, 6.45) is 0. The van der Waals surface area contributed by atoms with Crippen molar-refractivity contribution in [3.63, 3.8) is 0 Å². The van der Waals surface area contributed by atoms with Gasteiger partial charge >= 0.3 is 0 Å². The highest BCUT2D eigenvalue weighted by molar-refractivity contribution is 5.96. The molecule has 1 heterocycles. The monoisotopic (exact) mass is 223 g/mol. The van der Waals surface area contributed by atoms with Crippen molar-refractivity contribution in [2.24, 2.45) is 0 Å². The van der Waals surface area contributed by atoms with E-state index in [1.165, 1.54) is 0 Å². The van der Waals surface area contributed by atoms with Gasteiger partial charge in [0.25, 0.3) is 5.91 Å². The lowest BCUT2D eigenvalue weighted by molar-refractivity contribution is 0.0771. The van der Waals surface area contributed by atoms with E-state index in [9.17, 15) is 4.79 Å². The number of carbonyl (C=O) groups excluding carboxylic acids is 1. The van der Waals surface area contributed by atoms with Crippen LogP contribution in [0.1, 0.15) is 42.5 Å². The van der Waals surface area contributed by atoms with E-state index in [1.807, 2.05) is 44.2 Å². The molecule has 0 aliphatic rings. The Bertz CT molecular complexity index is 378. The van der Waals surface area contributed by atoms with E-state index in [2.05, 4.69) is 5.10 Å². The van der Waals surface area contributed by atoms with Gasteiger partial charge in [-0.3, -0.25) is 9.48 Å². The average molecular weight is 223 g/mol. The fraction of sp³-hybridized carbons (Fsp3) is 0.667. The van der Waals surface area contributed by atoms with Crippen LogP contribution in [0.4, 0.5) is 0 Å². The summed E-state index contributed by atoms with van der Waals surface area (Å²) >= 11 is 0. The summed E-state index contributed by atoms with van der Waals surface area (Å²) in [5, 5.41) is 4.37. The number of amides is 1. The topological polar surface area (TPSA) is 38.1 Å². The second-order valence-corrected chi connectivity index (χ2v) is 3.84. The van der Waals surface area contributed by atoms with Crippen LogP contribution in [0, 0.1) is 13.8 Å². The first-order valence-electron chi connectivity index (χ1n) is 5.89. The van der Waals surface area contributed by atoms with Crippen molar-refractivity contribution in [1.82, 2.24) is 14.7 Å². The quantitative estimate of drug-likeness (QED) is 0.783. The van der Waals surface area contributed by atoms with Crippen LogP contribution >= 0.6 is 0 Å². The van der Waals surface area contributed by atoms with Gasteiger partial charge in [0.15, 0.2) is 0 Å². The minimum atomic E-state index is 0.0969. The highest BCUT2D eigenvalue weighted by Crippen LogP contribution is 2.15. The van der Waals surface area contributed by atoms with Crippen LogP contribution in [0.25, 0.3) is 0 Å². The Hall–Kier alpha value is -1.32. The molecule has 1 amide bonds. The van der Waals surface area contributed by atoms with Crippen LogP contribution in [-0.4, -0.2) is 33.7 Å². The molecule has 90 valence electrons. The predicted octanol–water partition coefficient (Wildman–Crippen LogP) is 2.00. The third kappa shape index (κ3) is 2.10. The molecule has 4 nitrogen and oxygen atoms in total. The van der Waals surface area contributed by atoms with Crippen molar-refractivity contribution in [2.75, 3.05) is 13.1 Å². The van der Waals surface area contributed by atoms with Crippen LogP contribution in [0.15, 0.2) is 0 Å². The Labute approximate surface area is 97.2 Å². The molecule has 0 bridgehead atoms. The van der Waals surface area contributed by atoms with E-state index in [1.54, 1.807) is 0 Å². The summed E-state index contributed by atoms with van der Waals surface area (Å²) in [5.41, 5.74) is 2.57. The maximum atomic E-state index is 12.3. The number of hydrogen-bond acceptors (Lipinski definition) is 2. The fourth-order valence-corrected chi connectivity index (χ4v) is 1.98. The van der Waals surface area contributed by atoms with Gasteiger partial charge in [-0.15, -0.1) is 0 Å². The number of rotatable bonds is 4. The van der Waals surface area contributed by atoms with Gasteiger partial charge in [0.05, 0.1) is 11.3 Å². The van der Waals surface area contributed by atoms with Crippen molar-refractivity contribution in [1.29, 1.82) is 0 Å². The summed E-state index contributed by atoms with van der Waals surface area (Å²) in [5.74, 6) is 0.0969. The van der Waals surface area contributed by atoms with Gasteiger partial charge in [0.2, 0.25) is 0 Å². The molecule has 0 saturated carbocycles. The zero-order valence-corrected chi connectivity index (χ0v) is 10.9. The third-order valence-electron chi connectivity index (χ3n) is 2.95. The summed E-state index contributed by atoms with van der Waals surface area (Å²) in [6.45, 7) is 12.2. The maximum absolute atomic E-state index is 12.3. The number of carbonyl (C=O) groups is 1. The Morgan fingerprint density at radius 2 is 1.81 bits per heavy atom. The molecule has 16 heavy (non-hydrogen) atoms. The van der Waals surface area contributed by atoms with Gasteiger partial charge in [-0.25, -0.2) is 0 Å². The van der Waals surface area contributed by atoms with Gasteiger partial charge in [0.1, 0.15) is 0 Å². The number of hydrogen-bond donors (Lipinski definition) is 0. The second-order valence-electron chi connectivity index (χ2n) is 3.84. The number of nitrogens with zero attached hydrogens (tertiary/aromatic N) is 3. The van der Waals surface area contributed by atoms with Gasteiger partial charge in [-0.2, -0.15) is 5.10 Å². The maximum Gasteiger partial charge on any atom is 0.257 e. The molecule has 4 heteroatoms. The number of aryl methyl sites for hydroxylation is 2. The molecule has 1 rings (SSSR count). The zero-order valence-electron chi connectivity index (χ0n) is 10.9. The van der Waals surface area contributed by atoms with Crippen molar-refractivity contribution < 1.29 is 4.79 Å². The average Bonchev–Trinajstić information content (AvgIpc) is 2.55. The lowest BCUT2D eigenvalue weighted by atomic mass is 10.1. The Morgan fingerprint density at radius 1 is 1.25 bits per heavy atom. The van der Waals surface area contributed by atoms with Crippen LogP contribution in [0.5, 0.6) is 0 Å². The molecular weight excluding hydrogens is 202 g/mol. The minimum Gasteiger partial charge on any atom is -0.339 e. The standard InChI is InChI=1S/C12H21N3O/c1-6-14(7-2)12(16)11-9(4)13-15(8-3)10(11)5/h6-8H2,1-5H3. The SMILES string of the molecule is CCN(CC)C(=O)c1c(C)nn(CC)c1C. The molecule has 0 N–H and O–H groups in total. The van der Waals surface area contributed by atoms with Gasteiger partial charge < -0.3 is 4.90 Å². The van der Waals surface area contributed by atoms with Crippen molar-refractivity contribution in [3.8, 4) is 0 Å². The molecule has 0 spiro atoms. The van der Waals surface area contributed by atoms with Crippen LogP contribution in [-0.2, 0) is 6.54 Å². The first kappa shape index (κ1) is 12.7. The number of aromatic nitrogens is 2. The van der Waals surface area contributed by atoms with E-state index in [-0.39, 0.29) is 5.91 Å². The minimum absolute atomic E-state index is 0.0969. The molecule has 0 saturated heterocycles. The van der Waals surface area contributed by atoms with E-state index < -0.39 is 0 Å². The molecule has 0 aliphatic heterocycles. The zero-order chi connectivity index (χ0) is 12.3. The van der Waals surface area contributed by atoms with E-state index in [4.69, 9.17) is 0 Å². The van der Waals surface area contributed by atoms with E-state index in [0.717, 1.165) is 36.6 Å². The largest absolute Gasteiger partial charge is 0.339 e. The fourth-order valence-electron chi connectivity index (χ4n) is 1.98. The van der Waals surface area contributed by atoms with Gasteiger partial charge in [-0.1, -0.05) is 0 Å². The molecule has 0 unspecified atom stereocenters. The van der Waals surface area contributed by atoms with Crippen molar-refractivity contribution in [3.05, 3.63) is 17.0 Å². The van der Waals surface area contributed by atoms with Gasteiger partial charge in [-0.05, 0) is 34.6 Å². The molecule has 0 atom stereocenters. The molecule has 0 aliphatic carbocycles. The van der Waals surface area contributed by atoms with Crippen LogP contribution in [0.3, 0.4) is 0 Å². The highest BCUT2D eigenvalue weighted by Gasteiger charge is 2.21. The molecular formula is C12H21N3O. The Kier molecular flexibility index (Phi) is 4.10. The first-order valence-corrected chi connectivity index (χ1v) is 5.89. The molecule has 0 radical (unpaired) electrons. The van der Waals surface area contributed by atoms with E-state index >= 15 is 0 Å². The van der Waals surface area contributed by atoms with E-state index in [0.29, 0.717) is 0 Å². The summed E-state index contributed by atoms with van der Waals surface area (Å²) in [6, 6.07) is 0. The van der Waals surface area contributed by atoms with Crippen LogP contribution < -0.4 is 0 Å². The summed E-state index contributed by atoms with van der Waals surface area (Å²) < 4.78 is 1.88. The van der Waals surface area contributed by atoms with Crippen LogP contribution in [0.2, 0.25) is 0 Å². The summed E-state index contributed by atoms with van der Waals surface area (Å²) in [7, 11) is 0. The summed E-state index contributed by atoms with van der Waals surface area (Å²) in [4.78, 5) is 14.1. The molecule has 1 aromatic rings. The Balaban J connectivity index is 3.12. The normalized spacial score (nSPS) is 10.6. The first-order chi connectivity index (χ1) is 7.56.